The summed E-state index contributed by atoms with van der Waals surface area (Å²) in [6.07, 6.45) is 1.32. The Morgan fingerprint density at radius 3 is 2.21 bits per heavy atom. The maximum Gasteiger partial charge on any atom is 0.241 e. The van der Waals surface area contributed by atoms with Gasteiger partial charge in [-0.05, 0) is 29.7 Å². The molecule has 29 heavy (non-hydrogen) atoms. The first-order valence-corrected chi connectivity index (χ1v) is 11.1. The van der Waals surface area contributed by atoms with Crippen LogP contribution in [0.4, 0.5) is 0 Å². The lowest BCUT2D eigenvalue weighted by molar-refractivity contribution is 0.297. The maximum absolute atomic E-state index is 13.2. The Bertz CT molecular complexity index is 1050. The zero-order chi connectivity index (χ0) is 20.1. The standard InChI is InChI=1S/C23H23NO4S/c25-29(26,20-12-13-22-23(17-20)28-15-7-14-27-22)24-21(19-10-5-2-6-11-19)16-18-8-3-1-4-9-18/h1-6,8-13,17,21,24H,7,14-16H2/t21-/m0/s1. The van der Waals surface area contributed by atoms with E-state index in [2.05, 4.69) is 4.72 Å². The van der Waals surface area contributed by atoms with Crippen LogP contribution in [0.3, 0.4) is 0 Å². The zero-order valence-electron chi connectivity index (χ0n) is 16.0. The van der Waals surface area contributed by atoms with Gasteiger partial charge in [0.2, 0.25) is 10.0 Å². The quantitative estimate of drug-likeness (QED) is 0.665. The maximum atomic E-state index is 13.2. The Balaban J connectivity index is 1.63. The van der Waals surface area contributed by atoms with Crippen LogP contribution >= 0.6 is 0 Å². The van der Waals surface area contributed by atoms with Gasteiger partial charge in [0.1, 0.15) is 0 Å². The summed E-state index contributed by atoms with van der Waals surface area (Å²) >= 11 is 0. The zero-order valence-corrected chi connectivity index (χ0v) is 16.8. The molecule has 0 bridgehead atoms. The molecule has 1 aliphatic rings. The number of hydrogen-bond acceptors (Lipinski definition) is 4. The van der Waals surface area contributed by atoms with E-state index in [-0.39, 0.29) is 10.9 Å². The molecule has 150 valence electrons. The van der Waals surface area contributed by atoms with E-state index in [4.69, 9.17) is 9.47 Å². The van der Waals surface area contributed by atoms with Crippen molar-refractivity contribution in [2.75, 3.05) is 13.2 Å². The lowest BCUT2D eigenvalue weighted by Gasteiger charge is -2.20. The third kappa shape index (κ3) is 4.78. The van der Waals surface area contributed by atoms with Crippen molar-refractivity contribution in [3.05, 3.63) is 90.0 Å². The minimum atomic E-state index is -3.76. The van der Waals surface area contributed by atoms with E-state index in [0.717, 1.165) is 17.5 Å². The lowest BCUT2D eigenvalue weighted by Crippen LogP contribution is -2.30. The molecule has 0 saturated heterocycles. The van der Waals surface area contributed by atoms with Gasteiger partial charge in [0, 0.05) is 12.5 Å². The predicted molar refractivity (Wildman–Crippen MR) is 112 cm³/mol. The molecular weight excluding hydrogens is 386 g/mol. The summed E-state index contributed by atoms with van der Waals surface area (Å²) in [4.78, 5) is 0.163. The van der Waals surface area contributed by atoms with E-state index in [0.29, 0.717) is 31.1 Å². The summed E-state index contributed by atoms with van der Waals surface area (Å²) in [6, 6.07) is 23.8. The number of benzene rings is 3. The van der Waals surface area contributed by atoms with Gasteiger partial charge in [0.15, 0.2) is 11.5 Å². The molecule has 0 amide bonds. The largest absolute Gasteiger partial charge is 0.490 e. The van der Waals surface area contributed by atoms with Crippen LogP contribution in [0.25, 0.3) is 0 Å². The first kappa shape index (κ1) is 19.5. The Labute approximate surface area is 171 Å². The smallest absolute Gasteiger partial charge is 0.241 e. The van der Waals surface area contributed by atoms with Crippen molar-refractivity contribution in [1.82, 2.24) is 4.72 Å². The van der Waals surface area contributed by atoms with Gasteiger partial charge in [-0.15, -0.1) is 0 Å². The fraction of sp³-hybridized carbons (Fsp3) is 0.217. The molecule has 6 heteroatoms. The van der Waals surface area contributed by atoms with E-state index >= 15 is 0 Å². The molecule has 1 N–H and O–H groups in total. The summed E-state index contributed by atoms with van der Waals surface area (Å²) in [6.45, 7) is 1.06. The molecule has 5 nitrogen and oxygen atoms in total. The van der Waals surface area contributed by atoms with Gasteiger partial charge in [-0.2, -0.15) is 0 Å². The normalized spacial score (nSPS) is 14.8. The fourth-order valence-corrected chi connectivity index (χ4v) is 4.57. The SMILES string of the molecule is O=S(=O)(N[C@@H](Cc1ccccc1)c1ccccc1)c1ccc2c(c1)OCCCO2. The molecule has 0 saturated carbocycles. The van der Waals surface area contributed by atoms with E-state index in [1.807, 2.05) is 60.7 Å². The van der Waals surface area contributed by atoms with Gasteiger partial charge in [0.05, 0.1) is 24.2 Å². The Kier molecular flexibility index (Phi) is 5.83. The van der Waals surface area contributed by atoms with Crippen LogP contribution in [-0.4, -0.2) is 21.6 Å². The van der Waals surface area contributed by atoms with Crippen molar-refractivity contribution in [1.29, 1.82) is 0 Å². The minimum absolute atomic E-state index is 0.163. The van der Waals surface area contributed by atoms with Crippen molar-refractivity contribution < 1.29 is 17.9 Å². The van der Waals surface area contributed by atoms with Gasteiger partial charge < -0.3 is 9.47 Å². The highest BCUT2D eigenvalue weighted by atomic mass is 32.2. The molecular formula is C23H23NO4S. The average molecular weight is 410 g/mol. The third-order valence-corrected chi connectivity index (χ3v) is 6.28. The molecule has 0 fully saturated rings. The second kappa shape index (κ2) is 8.68. The number of fused-ring (bicyclic) bond motifs is 1. The minimum Gasteiger partial charge on any atom is -0.490 e. The van der Waals surface area contributed by atoms with Crippen molar-refractivity contribution >= 4 is 10.0 Å². The molecule has 0 radical (unpaired) electrons. The molecule has 0 aliphatic carbocycles. The van der Waals surface area contributed by atoms with Crippen LogP contribution in [-0.2, 0) is 16.4 Å². The van der Waals surface area contributed by atoms with Crippen molar-refractivity contribution in [3.8, 4) is 11.5 Å². The van der Waals surface area contributed by atoms with Crippen LogP contribution < -0.4 is 14.2 Å². The summed E-state index contributed by atoms with van der Waals surface area (Å²) in [5, 5.41) is 0. The highest BCUT2D eigenvalue weighted by Gasteiger charge is 2.24. The monoisotopic (exact) mass is 409 g/mol. The Morgan fingerprint density at radius 2 is 1.48 bits per heavy atom. The van der Waals surface area contributed by atoms with Crippen molar-refractivity contribution in [3.63, 3.8) is 0 Å². The highest BCUT2D eigenvalue weighted by molar-refractivity contribution is 7.89. The molecule has 0 spiro atoms. The van der Waals surface area contributed by atoms with Gasteiger partial charge in [-0.25, -0.2) is 13.1 Å². The topological polar surface area (TPSA) is 64.6 Å². The number of hydrogen-bond donors (Lipinski definition) is 1. The van der Waals surface area contributed by atoms with Crippen LogP contribution in [0.1, 0.15) is 23.6 Å². The molecule has 1 atom stereocenters. The van der Waals surface area contributed by atoms with Gasteiger partial charge >= 0.3 is 0 Å². The average Bonchev–Trinajstić information content (AvgIpc) is 2.99. The van der Waals surface area contributed by atoms with Crippen molar-refractivity contribution in [2.45, 2.75) is 23.8 Å². The van der Waals surface area contributed by atoms with E-state index < -0.39 is 10.0 Å². The van der Waals surface area contributed by atoms with Gasteiger partial charge in [0.25, 0.3) is 0 Å². The summed E-state index contributed by atoms with van der Waals surface area (Å²) in [5.41, 5.74) is 1.97. The Hall–Kier alpha value is -2.83. The third-order valence-electron chi connectivity index (χ3n) is 4.81. The highest BCUT2D eigenvalue weighted by Crippen LogP contribution is 2.32. The molecule has 3 aromatic rings. The molecule has 1 aliphatic heterocycles. The van der Waals surface area contributed by atoms with E-state index in [9.17, 15) is 8.42 Å². The summed E-state index contributed by atoms with van der Waals surface area (Å²) in [5.74, 6) is 1.04. The molecule has 3 aromatic carbocycles. The van der Waals surface area contributed by atoms with Crippen LogP contribution in [0.2, 0.25) is 0 Å². The van der Waals surface area contributed by atoms with Gasteiger partial charge in [-0.1, -0.05) is 60.7 Å². The van der Waals surface area contributed by atoms with E-state index in [1.165, 1.54) is 6.07 Å². The number of nitrogens with one attached hydrogen (secondary N) is 1. The number of ether oxygens (including phenoxy) is 2. The molecule has 0 aromatic heterocycles. The lowest BCUT2D eigenvalue weighted by atomic mass is 10.00. The van der Waals surface area contributed by atoms with Crippen LogP contribution in [0, 0.1) is 0 Å². The van der Waals surface area contributed by atoms with E-state index in [1.54, 1.807) is 12.1 Å². The first-order chi connectivity index (χ1) is 14.1. The number of sulfonamides is 1. The first-order valence-electron chi connectivity index (χ1n) is 9.63. The fourth-order valence-electron chi connectivity index (χ4n) is 3.33. The molecule has 1 heterocycles. The van der Waals surface area contributed by atoms with Crippen LogP contribution in [0.15, 0.2) is 83.8 Å². The van der Waals surface area contributed by atoms with Crippen molar-refractivity contribution in [2.24, 2.45) is 0 Å². The second-order valence-electron chi connectivity index (χ2n) is 6.93. The Morgan fingerprint density at radius 1 is 0.828 bits per heavy atom. The number of rotatable bonds is 6. The summed E-state index contributed by atoms with van der Waals surface area (Å²) in [7, 11) is -3.76. The van der Waals surface area contributed by atoms with Gasteiger partial charge in [-0.3, -0.25) is 0 Å². The summed E-state index contributed by atoms with van der Waals surface area (Å²) < 4.78 is 40.5. The predicted octanol–water partition coefficient (Wildman–Crippen LogP) is 4.11. The second-order valence-corrected chi connectivity index (χ2v) is 8.65. The van der Waals surface area contributed by atoms with Crippen LogP contribution in [0.5, 0.6) is 11.5 Å². The molecule has 0 unspecified atom stereocenters. The molecule has 4 rings (SSSR count).